The van der Waals surface area contributed by atoms with Gasteiger partial charge in [0.2, 0.25) is 7.37 Å². The number of hydrogen-bond acceptors (Lipinski definition) is 4. The number of para-hydroxylation sites is 1. The Labute approximate surface area is 120 Å². The van der Waals surface area contributed by atoms with Gasteiger partial charge < -0.3 is 24.4 Å². The van der Waals surface area contributed by atoms with Gasteiger partial charge in [0.25, 0.3) is 5.08 Å². The summed E-state index contributed by atoms with van der Waals surface area (Å²) in [6, 6.07) is 5.22. The fourth-order valence-electron chi connectivity index (χ4n) is 2.12. The minimum absolute atomic E-state index is 0.540. The van der Waals surface area contributed by atoms with E-state index in [1.165, 1.54) is 10.9 Å². The largest absolute Gasteiger partial charge is 0.368 e. The Balaban J connectivity index is 2.61. The van der Waals surface area contributed by atoms with E-state index in [1.54, 1.807) is 25.1 Å². The smallest absolute Gasteiger partial charge is 0.368 e. The number of aromatic nitrogens is 2. The molecule has 0 spiro atoms. The molecule has 116 valence electrons. The number of aliphatic hydroxyl groups is 1. The van der Waals surface area contributed by atoms with Crippen LogP contribution in [0.5, 0.6) is 0 Å². The lowest BCUT2D eigenvalue weighted by atomic mass is 10.2. The molecule has 1 aromatic heterocycles. The molecule has 1 aromatic carbocycles. The predicted octanol–water partition coefficient (Wildman–Crippen LogP) is 1.07. The minimum atomic E-state index is -5.25. The lowest BCUT2D eigenvalue weighted by molar-refractivity contribution is 0.134. The summed E-state index contributed by atoms with van der Waals surface area (Å²) in [6.45, 7) is 1.75. The molecule has 2 rings (SSSR count). The van der Waals surface area contributed by atoms with E-state index < -0.39 is 26.6 Å². The van der Waals surface area contributed by atoms with Crippen molar-refractivity contribution in [2.45, 2.75) is 18.6 Å². The fourth-order valence-corrected chi connectivity index (χ4v) is 4.81. The highest BCUT2D eigenvalue weighted by Gasteiger charge is 2.57. The molecule has 21 heavy (non-hydrogen) atoms. The molecular formula is C11H16N2O6P2. The third-order valence-electron chi connectivity index (χ3n) is 3.35. The van der Waals surface area contributed by atoms with Gasteiger partial charge in [-0.25, -0.2) is 4.98 Å². The summed E-state index contributed by atoms with van der Waals surface area (Å²) in [4.78, 5) is 32.3. The van der Waals surface area contributed by atoms with Crippen molar-refractivity contribution in [3.63, 3.8) is 0 Å². The molecule has 8 nitrogen and oxygen atoms in total. The summed E-state index contributed by atoms with van der Waals surface area (Å²) in [5.41, 5.74) is 1.87. The monoisotopic (exact) mass is 334 g/mol. The van der Waals surface area contributed by atoms with E-state index in [9.17, 15) is 28.9 Å². The van der Waals surface area contributed by atoms with Crippen molar-refractivity contribution in [3.05, 3.63) is 30.1 Å². The molecule has 0 aliphatic carbocycles. The number of benzene rings is 1. The van der Waals surface area contributed by atoms with Crippen LogP contribution in [-0.2, 0) is 15.7 Å². The highest BCUT2D eigenvalue weighted by atomic mass is 31.2. The molecule has 2 unspecified atom stereocenters. The summed E-state index contributed by atoms with van der Waals surface area (Å²) in [6.07, 6.45) is 1.27. The first-order valence-electron chi connectivity index (χ1n) is 5.96. The molecule has 2 aromatic rings. The minimum Gasteiger partial charge on any atom is -0.368 e. The van der Waals surface area contributed by atoms with Gasteiger partial charge in [-0.2, -0.15) is 0 Å². The lowest BCUT2D eigenvalue weighted by Crippen LogP contribution is -2.33. The van der Waals surface area contributed by atoms with E-state index in [0.29, 0.717) is 11.0 Å². The quantitative estimate of drug-likeness (QED) is 0.615. The Morgan fingerprint density at radius 3 is 2.43 bits per heavy atom. The van der Waals surface area contributed by atoms with Gasteiger partial charge in [0, 0.05) is 6.66 Å². The van der Waals surface area contributed by atoms with E-state index in [1.807, 2.05) is 0 Å². The number of rotatable bonds is 4. The third kappa shape index (κ3) is 2.71. The number of hydrogen-bond donors (Lipinski definition) is 4. The highest BCUT2D eigenvalue weighted by Crippen LogP contribution is 2.68. The fraction of sp³-hybridized carbons (Fsp3) is 0.364. The molecule has 1 heterocycles. The maximum absolute atomic E-state index is 11.8. The van der Waals surface area contributed by atoms with Gasteiger partial charge in [-0.15, -0.1) is 0 Å². The van der Waals surface area contributed by atoms with Crippen LogP contribution in [0.25, 0.3) is 11.0 Å². The van der Waals surface area contributed by atoms with Crippen LogP contribution in [0.1, 0.15) is 5.56 Å². The normalized spacial score (nSPS) is 18.4. The summed E-state index contributed by atoms with van der Waals surface area (Å²) >= 11 is 0. The predicted molar refractivity (Wildman–Crippen MR) is 77.2 cm³/mol. The average molecular weight is 334 g/mol. The summed E-state index contributed by atoms with van der Waals surface area (Å²) < 4.78 is 24.6. The van der Waals surface area contributed by atoms with Gasteiger partial charge in [-0.3, -0.25) is 9.13 Å². The molecule has 0 saturated heterocycles. The molecule has 10 heteroatoms. The first kappa shape index (κ1) is 16.4. The van der Waals surface area contributed by atoms with Crippen molar-refractivity contribution in [2.75, 3.05) is 6.66 Å². The van der Waals surface area contributed by atoms with Crippen molar-refractivity contribution in [1.29, 1.82) is 0 Å². The Kier molecular flexibility index (Phi) is 3.91. The van der Waals surface area contributed by atoms with E-state index in [-0.39, 0.29) is 0 Å². The Hall–Kier alpha value is -1.01. The molecule has 0 amide bonds. The Bertz CT molecular complexity index is 752. The molecule has 0 fully saturated rings. The second-order valence-corrected chi connectivity index (χ2v) is 9.69. The number of aryl methyl sites for hydroxylation is 1. The zero-order valence-electron chi connectivity index (χ0n) is 11.4. The first-order chi connectivity index (χ1) is 9.47. The zero-order chi connectivity index (χ0) is 16.1. The summed E-state index contributed by atoms with van der Waals surface area (Å²) in [5.74, 6) is 0. The van der Waals surface area contributed by atoms with Gasteiger partial charge in [0.15, 0.2) is 0 Å². The average Bonchev–Trinajstić information content (AvgIpc) is 2.70. The first-order valence-corrected chi connectivity index (χ1v) is 9.68. The second-order valence-electron chi connectivity index (χ2n) is 5.01. The SMILES string of the molecule is Cc1cccc2ncn(CC(O)(P(C)(=O)O)P(=O)(O)O)c12. The topological polar surface area (TPSA) is 133 Å². The summed E-state index contributed by atoms with van der Waals surface area (Å²) in [7, 11) is -9.75. The molecular weight excluding hydrogens is 318 g/mol. The van der Waals surface area contributed by atoms with Gasteiger partial charge in [-0.1, -0.05) is 12.1 Å². The van der Waals surface area contributed by atoms with E-state index in [0.717, 1.165) is 12.2 Å². The molecule has 0 aliphatic rings. The van der Waals surface area contributed by atoms with Crippen LogP contribution in [0.3, 0.4) is 0 Å². The number of fused-ring (bicyclic) bond motifs is 1. The van der Waals surface area contributed by atoms with Crippen LogP contribution in [0.15, 0.2) is 24.5 Å². The van der Waals surface area contributed by atoms with E-state index in [4.69, 9.17) is 0 Å². The van der Waals surface area contributed by atoms with Crippen molar-refractivity contribution in [1.82, 2.24) is 9.55 Å². The third-order valence-corrected chi connectivity index (χ3v) is 7.79. The van der Waals surface area contributed by atoms with E-state index >= 15 is 0 Å². The second kappa shape index (κ2) is 5.02. The van der Waals surface area contributed by atoms with Crippen molar-refractivity contribution < 1.29 is 28.9 Å². The molecule has 2 atom stereocenters. The highest BCUT2D eigenvalue weighted by molar-refractivity contribution is 7.74. The van der Waals surface area contributed by atoms with Crippen LogP contribution in [0.2, 0.25) is 0 Å². The van der Waals surface area contributed by atoms with Crippen LogP contribution in [0, 0.1) is 6.92 Å². The lowest BCUT2D eigenvalue weighted by Gasteiger charge is -2.31. The maximum Gasteiger partial charge on any atom is 0.368 e. The van der Waals surface area contributed by atoms with Crippen LogP contribution in [-0.4, -0.2) is 41.1 Å². The van der Waals surface area contributed by atoms with Gasteiger partial charge in [0.1, 0.15) is 0 Å². The van der Waals surface area contributed by atoms with Crippen LogP contribution < -0.4 is 0 Å². The molecule has 0 radical (unpaired) electrons. The molecule has 0 bridgehead atoms. The van der Waals surface area contributed by atoms with Crippen molar-refractivity contribution in [3.8, 4) is 0 Å². The van der Waals surface area contributed by atoms with Crippen LogP contribution >= 0.6 is 15.0 Å². The molecule has 4 N–H and O–H groups in total. The van der Waals surface area contributed by atoms with Crippen molar-refractivity contribution >= 4 is 26.0 Å². The maximum atomic E-state index is 11.8. The zero-order valence-corrected chi connectivity index (χ0v) is 13.2. The van der Waals surface area contributed by atoms with Gasteiger partial charge >= 0.3 is 7.60 Å². The Morgan fingerprint density at radius 1 is 1.29 bits per heavy atom. The van der Waals surface area contributed by atoms with Gasteiger partial charge in [0.05, 0.1) is 23.9 Å². The Morgan fingerprint density at radius 2 is 1.90 bits per heavy atom. The molecule has 0 aliphatic heterocycles. The molecule has 0 saturated carbocycles. The number of nitrogens with zero attached hydrogens (tertiary/aromatic N) is 2. The standard InChI is InChI=1S/C11H16N2O6P2/c1-8-4-3-5-9-10(8)13(7-12-9)6-11(14,20(2,15)16)21(17,18)19/h3-5,7,14H,6H2,1-2H3,(H,15,16)(H2,17,18,19). The van der Waals surface area contributed by atoms with E-state index in [2.05, 4.69) is 4.98 Å². The summed E-state index contributed by atoms with van der Waals surface area (Å²) in [5, 5.41) is 7.12. The number of imidazole rings is 1. The van der Waals surface area contributed by atoms with Crippen LogP contribution in [0.4, 0.5) is 0 Å². The van der Waals surface area contributed by atoms with Gasteiger partial charge in [-0.05, 0) is 18.6 Å². The van der Waals surface area contributed by atoms with Crippen molar-refractivity contribution in [2.24, 2.45) is 0 Å².